The van der Waals surface area contributed by atoms with Crippen LogP contribution in [-0.4, -0.2) is 38.5 Å². The SMILES string of the molecule is Cc1nsc(N2CCC(Nc3cc(C(F)(F)F)ncn3)CC2)n1. The van der Waals surface area contributed by atoms with Crippen LogP contribution in [0.1, 0.15) is 24.4 Å². The molecular formula is C13H15F3N6S. The van der Waals surface area contributed by atoms with Crippen LogP contribution in [0.4, 0.5) is 24.1 Å². The number of aryl methyl sites for hydroxylation is 1. The monoisotopic (exact) mass is 344 g/mol. The van der Waals surface area contributed by atoms with E-state index in [0.29, 0.717) is 0 Å². The molecule has 10 heteroatoms. The van der Waals surface area contributed by atoms with Gasteiger partial charge in [-0.15, -0.1) is 0 Å². The van der Waals surface area contributed by atoms with Gasteiger partial charge in [0, 0.05) is 36.7 Å². The van der Waals surface area contributed by atoms with E-state index in [1.165, 1.54) is 11.5 Å². The van der Waals surface area contributed by atoms with Crippen LogP contribution in [0.15, 0.2) is 12.4 Å². The molecule has 0 amide bonds. The zero-order chi connectivity index (χ0) is 16.4. The second kappa shape index (κ2) is 6.26. The molecule has 0 radical (unpaired) electrons. The van der Waals surface area contributed by atoms with Crippen molar-refractivity contribution in [1.29, 1.82) is 0 Å². The highest BCUT2D eigenvalue weighted by Gasteiger charge is 2.33. The normalized spacial score (nSPS) is 16.6. The van der Waals surface area contributed by atoms with E-state index in [0.717, 1.165) is 49.3 Å². The van der Waals surface area contributed by atoms with E-state index in [1.54, 1.807) is 0 Å². The molecule has 3 heterocycles. The van der Waals surface area contributed by atoms with Crippen LogP contribution in [0.2, 0.25) is 0 Å². The van der Waals surface area contributed by atoms with Crippen LogP contribution in [0.5, 0.6) is 0 Å². The summed E-state index contributed by atoms with van der Waals surface area (Å²) in [5.41, 5.74) is -0.934. The first-order valence-electron chi connectivity index (χ1n) is 7.13. The van der Waals surface area contributed by atoms with Crippen molar-refractivity contribution in [2.45, 2.75) is 32.0 Å². The Balaban J connectivity index is 1.59. The van der Waals surface area contributed by atoms with Crippen molar-refractivity contribution in [2.75, 3.05) is 23.3 Å². The highest BCUT2D eigenvalue weighted by Crippen LogP contribution is 2.29. The summed E-state index contributed by atoms with van der Waals surface area (Å²) in [6, 6.07) is 1.02. The van der Waals surface area contributed by atoms with Crippen molar-refractivity contribution in [1.82, 2.24) is 19.3 Å². The number of alkyl halides is 3. The molecule has 0 aromatic carbocycles. The lowest BCUT2D eigenvalue weighted by Gasteiger charge is -2.32. The van der Waals surface area contributed by atoms with Crippen LogP contribution in [0.25, 0.3) is 0 Å². The third-order valence-corrected chi connectivity index (χ3v) is 4.46. The van der Waals surface area contributed by atoms with Gasteiger partial charge < -0.3 is 10.2 Å². The minimum Gasteiger partial charge on any atom is -0.367 e. The van der Waals surface area contributed by atoms with Crippen molar-refractivity contribution in [3.8, 4) is 0 Å². The molecule has 3 rings (SSSR count). The highest BCUT2D eigenvalue weighted by molar-refractivity contribution is 7.09. The first-order valence-corrected chi connectivity index (χ1v) is 7.90. The predicted octanol–water partition coefficient (Wildman–Crippen LogP) is 2.74. The summed E-state index contributed by atoms with van der Waals surface area (Å²) < 4.78 is 42.1. The summed E-state index contributed by atoms with van der Waals surface area (Å²) in [7, 11) is 0. The van der Waals surface area contributed by atoms with E-state index in [4.69, 9.17) is 0 Å². The number of halogens is 3. The standard InChI is InChI=1S/C13H15F3N6S/c1-8-19-12(23-21-8)22-4-2-9(3-5-22)20-11-6-10(13(14,15)16)17-7-18-11/h6-7,9H,2-5H2,1H3,(H,17,18,20). The lowest BCUT2D eigenvalue weighted by atomic mass is 10.1. The molecule has 6 nitrogen and oxygen atoms in total. The lowest BCUT2D eigenvalue weighted by Crippen LogP contribution is -2.39. The van der Waals surface area contributed by atoms with Gasteiger partial charge in [0.2, 0.25) is 5.13 Å². The van der Waals surface area contributed by atoms with E-state index in [-0.39, 0.29) is 11.9 Å². The topological polar surface area (TPSA) is 66.8 Å². The second-order valence-electron chi connectivity index (χ2n) is 5.32. The summed E-state index contributed by atoms with van der Waals surface area (Å²) >= 11 is 1.36. The molecule has 1 saturated heterocycles. The third kappa shape index (κ3) is 3.87. The Kier molecular flexibility index (Phi) is 4.33. The minimum atomic E-state index is -4.46. The minimum absolute atomic E-state index is 0.0799. The second-order valence-corrected chi connectivity index (χ2v) is 6.05. The Morgan fingerprint density at radius 2 is 2.00 bits per heavy atom. The van der Waals surface area contributed by atoms with E-state index in [1.807, 2.05) is 6.92 Å². The molecule has 1 aliphatic rings. The zero-order valence-electron chi connectivity index (χ0n) is 12.3. The molecule has 0 aliphatic carbocycles. The fourth-order valence-corrected chi connectivity index (χ4v) is 3.16. The number of nitrogens with one attached hydrogen (secondary N) is 1. The van der Waals surface area contributed by atoms with E-state index in [9.17, 15) is 13.2 Å². The van der Waals surface area contributed by atoms with Gasteiger partial charge >= 0.3 is 6.18 Å². The molecular weight excluding hydrogens is 329 g/mol. The largest absolute Gasteiger partial charge is 0.433 e. The maximum Gasteiger partial charge on any atom is 0.433 e. The van der Waals surface area contributed by atoms with Gasteiger partial charge in [-0.1, -0.05) is 0 Å². The summed E-state index contributed by atoms with van der Waals surface area (Å²) in [5.74, 6) is 0.962. The summed E-state index contributed by atoms with van der Waals surface area (Å²) in [6.07, 6.45) is -1.93. The Bertz CT molecular complexity index is 666. The van der Waals surface area contributed by atoms with Gasteiger partial charge in [0.15, 0.2) is 0 Å². The molecule has 1 fully saturated rings. The number of rotatable bonds is 3. The Morgan fingerprint density at radius 1 is 1.26 bits per heavy atom. The molecule has 0 spiro atoms. The Morgan fingerprint density at radius 3 is 2.61 bits per heavy atom. The zero-order valence-corrected chi connectivity index (χ0v) is 13.2. The number of hydrogen-bond acceptors (Lipinski definition) is 7. The van der Waals surface area contributed by atoms with Crippen LogP contribution < -0.4 is 10.2 Å². The number of piperidine rings is 1. The van der Waals surface area contributed by atoms with E-state index >= 15 is 0 Å². The van der Waals surface area contributed by atoms with Crippen LogP contribution in [0.3, 0.4) is 0 Å². The fraction of sp³-hybridized carbons (Fsp3) is 0.538. The van der Waals surface area contributed by atoms with Gasteiger partial charge in [-0.2, -0.15) is 17.5 Å². The first-order chi connectivity index (χ1) is 10.9. The summed E-state index contributed by atoms with van der Waals surface area (Å²) in [5, 5.41) is 3.95. The predicted molar refractivity (Wildman–Crippen MR) is 80.5 cm³/mol. The molecule has 0 atom stereocenters. The molecule has 23 heavy (non-hydrogen) atoms. The number of anilines is 2. The molecule has 124 valence electrons. The lowest BCUT2D eigenvalue weighted by molar-refractivity contribution is -0.141. The van der Waals surface area contributed by atoms with Crippen molar-refractivity contribution >= 4 is 22.5 Å². The molecule has 1 N–H and O–H groups in total. The van der Waals surface area contributed by atoms with Crippen molar-refractivity contribution < 1.29 is 13.2 Å². The fourth-order valence-electron chi connectivity index (χ4n) is 2.43. The molecule has 1 aliphatic heterocycles. The molecule has 0 unspecified atom stereocenters. The van der Waals surface area contributed by atoms with E-state index < -0.39 is 11.9 Å². The van der Waals surface area contributed by atoms with Crippen molar-refractivity contribution in [3.05, 3.63) is 23.9 Å². The number of hydrogen-bond donors (Lipinski definition) is 1. The maximum atomic E-state index is 12.7. The molecule has 0 saturated carbocycles. The number of nitrogens with zero attached hydrogens (tertiary/aromatic N) is 5. The van der Waals surface area contributed by atoms with Gasteiger partial charge in [-0.3, -0.25) is 0 Å². The Hall–Kier alpha value is -1.97. The quantitative estimate of drug-likeness (QED) is 0.923. The molecule has 0 bridgehead atoms. The van der Waals surface area contributed by atoms with Crippen LogP contribution >= 0.6 is 11.5 Å². The third-order valence-electron chi connectivity index (χ3n) is 3.59. The summed E-state index contributed by atoms with van der Waals surface area (Å²) in [4.78, 5) is 13.6. The summed E-state index contributed by atoms with van der Waals surface area (Å²) in [6.45, 7) is 3.41. The van der Waals surface area contributed by atoms with Gasteiger partial charge in [0.25, 0.3) is 0 Å². The first kappa shape index (κ1) is 15.9. The Labute approximate surface area is 135 Å². The number of aromatic nitrogens is 4. The van der Waals surface area contributed by atoms with Gasteiger partial charge in [-0.25, -0.2) is 15.0 Å². The maximum absolute atomic E-state index is 12.7. The van der Waals surface area contributed by atoms with E-state index in [2.05, 4.69) is 29.5 Å². The van der Waals surface area contributed by atoms with Crippen molar-refractivity contribution in [3.63, 3.8) is 0 Å². The molecule has 2 aromatic heterocycles. The smallest absolute Gasteiger partial charge is 0.367 e. The van der Waals surface area contributed by atoms with Crippen LogP contribution in [0, 0.1) is 6.92 Å². The van der Waals surface area contributed by atoms with Crippen molar-refractivity contribution in [2.24, 2.45) is 0 Å². The average molecular weight is 344 g/mol. The molecule has 2 aromatic rings. The van der Waals surface area contributed by atoms with Gasteiger partial charge in [0.1, 0.15) is 23.7 Å². The average Bonchev–Trinajstić information content (AvgIpc) is 2.94. The van der Waals surface area contributed by atoms with Crippen LogP contribution in [-0.2, 0) is 6.18 Å². The highest BCUT2D eigenvalue weighted by atomic mass is 32.1. The van der Waals surface area contributed by atoms with Gasteiger partial charge in [-0.05, 0) is 19.8 Å². The van der Waals surface area contributed by atoms with Gasteiger partial charge in [0.05, 0.1) is 0 Å².